The van der Waals surface area contributed by atoms with E-state index in [-0.39, 0.29) is 4.90 Å². The molecule has 0 fully saturated rings. The topological polar surface area (TPSA) is 66.5 Å². The molecule has 5 nitrogen and oxygen atoms in total. The van der Waals surface area contributed by atoms with Crippen LogP contribution >= 0.6 is 11.6 Å². The molecule has 0 saturated heterocycles. The maximum atomic E-state index is 13.6. The van der Waals surface area contributed by atoms with Crippen LogP contribution in [-0.4, -0.2) is 20.9 Å². The predicted molar refractivity (Wildman–Crippen MR) is 134 cm³/mol. The van der Waals surface area contributed by atoms with Crippen LogP contribution in [0.4, 0.5) is 11.4 Å². The summed E-state index contributed by atoms with van der Waals surface area (Å²) in [6.45, 7) is 3.22. The number of fused-ring (bicyclic) bond motifs is 1. The molecule has 0 aliphatic rings. The molecular formula is C26H23ClN2O3S. The van der Waals surface area contributed by atoms with Crippen molar-refractivity contribution in [3.8, 4) is 0 Å². The monoisotopic (exact) mass is 478 g/mol. The number of aryl methyl sites for hydroxylation is 1. The average molecular weight is 479 g/mol. The fraction of sp³-hybridized carbons (Fsp3) is 0.115. The summed E-state index contributed by atoms with van der Waals surface area (Å²) in [6.07, 6.45) is 0. The standard InChI is InChI=1S/C26H23ClN2O3S/c1-18-10-14-23(15-11-18)33(31,32)29(25-9-5-8-24(27)19(25)2)17-26(30)28-22-13-12-20-6-3-4-7-21(20)16-22/h3-16H,17H2,1-2H3,(H,28,30). The molecule has 4 aromatic rings. The number of rotatable bonds is 6. The van der Waals surface area contributed by atoms with E-state index in [4.69, 9.17) is 11.6 Å². The van der Waals surface area contributed by atoms with E-state index in [1.807, 2.05) is 43.3 Å². The Morgan fingerprint density at radius 1 is 0.879 bits per heavy atom. The van der Waals surface area contributed by atoms with Gasteiger partial charge >= 0.3 is 0 Å². The highest BCUT2D eigenvalue weighted by molar-refractivity contribution is 7.92. The average Bonchev–Trinajstić information content (AvgIpc) is 2.80. The summed E-state index contributed by atoms with van der Waals surface area (Å²) in [7, 11) is -4.02. The Hall–Kier alpha value is -3.35. The van der Waals surface area contributed by atoms with Gasteiger partial charge < -0.3 is 5.32 Å². The third kappa shape index (κ3) is 4.87. The Bertz CT molecular complexity index is 1430. The van der Waals surface area contributed by atoms with Crippen LogP contribution in [0.5, 0.6) is 0 Å². The molecule has 0 heterocycles. The molecule has 0 radical (unpaired) electrons. The molecule has 0 saturated carbocycles. The number of hydrogen-bond acceptors (Lipinski definition) is 3. The normalized spacial score (nSPS) is 11.4. The van der Waals surface area contributed by atoms with Crippen LogP contribution < -0.4 is 9.62 Å². The second-order valence-corrected chi connectivity index (χ2v) is 10.1. The minimum atomic E-state index is -4.02. The van der Waals surface area contributed by atoms with E-state index in [0.717, 1.165) is 20.6 Å². The SMILES string of the molecule is Cc1ccc(S(=O)(=O)N(CC(=O)Nc2ccc3ccccc3c2)c2cccc(Cl)c2C)cc1. The molecule has 0 atom stereocenters. The Morgan fingerprint density at radius 2 is 1.58 bits per heavy atom. The number of sulfonamides is 1. The largest absolute Gasteiger partial charge is 0.324 e. The highest BCUT2D eigenvalue weighted by Gasteiger charge is 2.28. The van der Waals surface area contributed by atoms with Gasteiger partial charge in [-0.05, 0) is 66.6 Å². The van der Waals surface area contributed by atoms with Gasteiger partial charge in [-0.1, -0.05) is 65.7 Å². The summed E-state index contributed by atoms with van der Waals surface area (Å²) in [5, 5.41) is 5.27. The van der Waals surface area contributed by atoms with Crippen LogP contribution in [-0.2, 0) is 14.8 Å². The number of amides is 1. The van der Waals surface area contributed by atoms with Crippen molar-refractivity contribution < 1.29 is 13.2 Å². The van der Waals surface area contributed by atoms with Gasteiger partial charge in [-0.15, -0.1) is 0 Å². The van der Waals surface area contributed by atoms with E-state index in [9.17, 15) is 13.2 Å². The first kappa shape index (κ1) is 22.8. The minimum absolute atomic E-state index is 0.103. The molecule has 1 N–H and O–H groups in total. The van der Waals surface area contributed by atoms with E-state index in [0.29, 0.717) is 22.0 Å². The molecule has 4 aromatic carbocycles. The van der Waals surface area contributed by atoms with Crippen LogP contribution in [0, 0.1) is 13.8 Å². The van der Waals surface area contributed by atoms with Gasteiger partial charge in [0, 0.05) is 10.7 Å². The fourth-order valence-electron chi connectivity index (χ4n) is 3.60. The molecular weight excluding hydrogens is 456 g/mol. The second kappa shape index (κ2) is 9.25. The van der Waals surface area contributed by atoms with Gasteiger partial charge in [-0.25, -0.2) is 8.42 Å². The fourth-order valence-corrected chi connectivity index (χ4v) is 5.25. The predicted octanol–water partition coefficient (Wildman–Crippen LogP) is 5.94. The van der Waals surface area contributed by atoms with Crippen LogP contribution in [0.25, 0.3) is 10.8 Å². The highest BCUT2D eigenvalue weighted by atomic mass is 35.5. The Morgan fingerprint density at radius 3 is 2.30 bits per heavy atom. The summed E-state index contributed by atoms with van der Waals surface area (Å²) in [6, 6.07) is 24.9. The van der Waals surface area contributed by atoms with Crippen molar-refractivity contribution in [1.82, 2.24) is 0 Å². The van der Waals surface area contributed by atoms with Gasteiger partial charge in [0.05, 0.1) is 10.6 Å². The minimum Gasteiger partial charge on any atom is -0.324 e. The maximum Gasteiger partial charge on any atom is 0.264 e. The summed E-state index contributed by atoms with van der Waals surface area (Å²) < 4.78 is 28.3. The van der Waals surface area contributed by atoms with Crippen molar-refractivity contribution >= 4 is 49.7 Å². The van der Waals surface area contributed by atoms with Gasteiger partial charge in [0.1, 0.15) is 6.54 Å². The number of nitrogens with one attached hydrogen (secondary N) is 1. The summed E-state index contributed by atoms with van der Waals surface area (Å²) in [5.41, 5.74) is 2.47. The van der Waals surface area contributed by atoms with Gasteiger partial charge in [0.25, 0.3) is 10.0 Å². The number of hydrogen-bond donors (Lipinski definition) is 1. The van der Waals surface area contributed by atoms with E-state index in [1.165, 1.54) is 0 Å². The van der Waals surface area contributed by atoms with E-state index < -0.39 is 22.5 Å². The van der Waals surface area contributed by atoms with Crippen molar-refractivity contribution in [2.75, 3.05) is 16.2 Å². The first-order valence-corrected chi connectivity index (χ1v) is 12.2. The van der Waals surface area contributed by atoms with Crippen molar-refractivity contribution in [3.05, 3.63) is 101 Å². The summed E-state index contributed by atoms with van der Waals surface area (Å²) in [4.78, 5) is 13.1. The Kier molecular flexibility index (Phi) is 6.40. The zero-order valence-corrected chi connectivity index (χ0v) is 19.8. The third-order valence-electron chi connectivity index (χ3n) is 5.44. The Labute approximate surface area is 198 Å². The van der Waals surface area contributed by atoms with Crippen molar-refractivity contribution in [2.24, 2.45) is 0 Å². The van der Waals surface area contributed by atoms with Crippen LogP contribution in [0.1, 0.15) is 11.1 Å². The molecule has 33 heavy (non-hydrogen) atoms. The quantitative estimate of drug-likeness (QED) is 0.372. The molecule has 0 aromatic heterocycles. The van der Waals surface area contributed by atoms with Gasteiger partial charge in [0.2, 0.25) is 5.91 Å². The number of benzene rings is 4. The molecule has 0 bridgehead atoms. The molecule has 7 heteroatoms. The molecule has 0 spiro atoms. The van der Waals surface area contributed by atoms with Crippen molar-refractivity contribution in [2.45, 2.75) is 18.7 Å². The Balaban J connectivity index is 1.69. The highest BCUT2D eigenvalue weighted by Crippen LogP contribution is 2.31. The zero-order valence-electron chi connectivity index (χ0n) is 18.2. The lowest BCUT2D eigenvalue weighted by Gasteiger charge is -2.26. The van der Waals surface area contributed by atoms with Crippen molar-refractivity contribution in [3.63, 3.8) is 0 Å². The number of anilines is 2. The second-order valence-electron chi connectivity index (χ2n) is 7.82. The van der Waals surface area contributed by atoms with E-state index in [2.05, 4.69) is 5.32 Å². The lowest BCUT2D eigenvalue weighted by atomic mass is 10.1. The van der Waals surface area contributed by atoms with E-state index >= 15 is 0 Å². The molecule has 0 aliphatic heterocycles. The molecule has 4 rings (SSSR count). The lowest BCUT2D eigenvalue weighted by molar-refractivity contribution is -0.114. The van der Waals surface area contributed by atoms with Crippen molar-refractivity contribution in [1.29, 1.82) is 0 Å². The van der Waals surface area contributed by atoms with Crippen LogP contribution in [0.15, 0.2) is 89.8 Å². The first-order valence-electron chi connectivity index (χ1n) is 10.4. The molecule has 0 aliphatic carbocycles. The summed E-state index contributed by atoms with van der Waals surface area (Å²) >= 11 is 6.27. The first-order chi connectivity index (χ1) is 15.8. The number of carbonyl (C=O) groups is 1. The van der Waals surface area contributed by atoms with Crippen LogP contribution in [0.3, 0.4) is 0 Å². The third-order valence-corrected chi connectivity index (χ3v) is 7.62. The van der Waals surface area contributed by atoms with Gasteiger partial charge in [-0.3, -0.25) is 9.10 Å². The van der Waals surface area contributed by atoms with E-state index in [1.54, 1.807) is 55.5 Å². The number of halogens is 1. The maximum absolute atomic E-state index is 13.6. The lowest BCUT2D eigenvalue weighted by Crippen LogP contribution is -2.38. The zero-order chi connectivity index (χ0) is 23.6. The molecule has 168 valence electrons. The van der Waals surface area contributed by atoms with Gasteiger partial charge in [0.15, 0.2) is 0 Å². The molecule has 0 unspecified atom stereocenters. The number of nitrogens with zero attached hydrogens (tertiary/aromatic N) is 1. The van der Waals surface area contributed by atoms with Crippen LogP contribution in [0.2, 0.25) is 5.02 Å². The van der Waals surface area contributed by atoms with Gasteiger partial charge in [-0.2, -0.15) is 0 Å². The summed E-state index contributed by atoms with van der Waals surface area (Å²) in [5.74, 6) is -0.458. The molecule has 1 amide bonds. The number of carbonyl (C=O) groups excluding carboxylic acids is 1. The smallest absolute Gasteiger partial charge is 0.264 e.